The molecule has 0 aromatic carbocycles. The lowest BCUT2D eigenvalue weighted by Gasteiger charge is -1.97. The molecule has 3 heteroatoms. The van der Waals surface area contributed by atoms with Crippen LogP contribution in [-0.4, -0.2) is 0 Å². The van der Waals surface area contributed by atoms with Gasteiger partial charge in [-0.1, -0.05) is 13.8 Å². The van der Waals surface area contributed by atoms with Gasteiger partial charge in [0.25, 0.3) is 0 Å². The van der Waals surface area contributed by atoms with E-state index in [2.05, 4.69) is 0 Å². The third kappa shape index (κ3) is 1.34. The molecule has 0 unspecified atom stereocenters. The van der Waals surface area contributed by atoms with E-state index in [-0.39, 0.29) is 5.92 Å². The molecule has 0 amide bonds. The monoisotopic (exact) mass is 162 g/mol. The number of thiophene rings is 1. The highest BCUT2D eigenvalue weighted by Gasteiger charge is 2.10. The van der Waals surface area contributed by atoms with Crippen molar-refractivity contribution in [3.63, 3.8) is 0 Å². The molecule has 0 bridgehead atoms. The van der Waals surface area contributed by atoms with Crippen LogP contribution < -0.4 is 0 Å². The van der Waals surface area contributed by atoms with Crippen LogP contribution in [0.4, 0.5) is 8.78 Å². The second-order valence-corrected chi connectivity index (χ2v) is 3.45. The Labute approximate surface area is 62.5 Å². The summed E-state index contributed by atoms with van der Waals surface area (Å²) in [5.74, 6) is -0.341. The zero-order valence-electron chi connectivity index (χ0n) is 5.82. The molecule has 1 heterocycles. The van der Waals surface area contributed by atoms with E-state index < -0.39 is 10.9 Å². The molecule has 0 radical (unpaired) electrons. The first-order chi connectivity index (χ1) is 4.61. The molecule has 0 aliphatic rings. The van der Waals surface area contributed by atoms with Crippen LogP contribution in [0.15, 0.2) is 6.07 Å². The molecule has 0 saturated carbocycles. The molecular weight excluding hydrogens is 154 g/mol. The Kier molecular flexibility index (Phi) is 2.04. The maximum atomic E-state index is 12.6. The van der Waals surface area contributed by atoms with Gasteiger partial charge in [0.05, 0.1) is 0 Å². The van der Waals surface area contributed by atoms with Crippen LogP contribution in [0, 0.1) is 10.9 Å². The van der Waals surface area contributed by atoms with Gasteiger partial charge >= 0.3 is 0 Å². The summed E-state index contributed by atoms with van der Waals surface area (Å²) >= 11 is 0.881. The summed E-state index contributed by atoms with van der Waals surface area (Å²) < 4.78 is 25.0. The third-order valence-corrected chi connectivity index (χ3v) is 2.41. The minimum atomic E-state index is -0.443. The molecule has 0 nitrogen and oxygen atoms in total. The summed E-state index contributed by atoms with van der Waals surface area (Å²) in [5.41, 5.74) is 0. The van der Waals surface area contributed by atoms with Crippen LogP contribution >= 0.6 is 11.3 Å². The Morgan fingerprint density at radius 2 is 2.00 bits per heavy atom. The molecule has 0 N–H and O–H groups in total. The lowest BCUT2D eigenvalue weighted by molar-refractivity contribution is 0.594. The van der Waals surface area contributed by atoms with Crippen LogP contribution in [-0.2, 0) is 0 Å². The quantitative estimate of drug-likeness (QED) is 0.595. The van der Waals surface area contributed by atoms with Crippen molar-refractivity contribution in [1.82, 2.24) is 0 Å². The predicted octanol–water partition coefficient (Wildman–Crippen LogP) is 3.15. The van der Waals surface area contributed by atoms with Gasteiger partial charge in [-0.25, -0.2) is 4.39 Å². The number of hydrogen-bond acceptors (Lipinski definition) is 1. The molecule has 1 rings (SSSR count). The van der Waals surface area contributed by atoms with Crippen molar-refractivity contribution in [2.45, 2.75) is 19.8 Å². The molecule has 0 atom stereocenters. The molecule has 0 spiro atoms. The Balaban J connectivity index is 3.03. The highest BCUT2D eigenvalue weighted by Crippen LogP contribution is 2.26. The van der Waals surface area contributed by atoms with Gasteiger partial charge in [-0.05, 0) is 5.92 Å². The van der Waals surface area contributed by atoms with Crippen LogP contribution in [0.1, 0.15) is 24.6 Å². The summed E-state index contributed by atoms with van der Waals surface area (Å²) in [6.07, 6.45) is 0. The van der Waals surface area contributed by atoms with Gasteiger partial charge in [-0.15, -0.1) is 11.3 Å². The summed E-state index contributed by atoms with van der Waals surface area (Å²) in [5, 5.41) is -0.443. The third-order valence-electron chi connectivity index (χ3n) is 1.21. The lowest BCUT2D eigenvalue weighted by atomic mass is 10.2. The molecule has 1 aromatic heterocycles. The minimum absolute atomic E-state index is 0.0782. The molecule has 0 aliphatic heterocycles. The first-order valence-electron chi connectivity index (χ1n) is 3.06. The number of rotatable bonds is 1. The number of hydrogen-bond donors (Lipinski definition) is 0. The minimum Gasteiger partial charge on any atom is -0.206 e. The van der Waals surface area contributed by atoms with E-state index in [9.17, 15) is 8.78 Å². The summed E-state index contributed by atoms with van der Waals surface area (Å²) in [7, 11) is 0. The lowest BCUT2D eigenvalue weighted by Crippen LogP contribution is -1.83. The van der Waals surface area contributed by atoms with Crippen molar-refractivity contribution < 1.29 is 8.78 Å². The summed E-state index contributed by atoms with van der Waals surface area (Å²) in [6, 6.07) is 0.931. The van der Waals surface area contributed by atoms with Gasteiger partial charge < -0.3 is 0 Å². The SMILES string of the molecule is CC(C)c1sc(F)cc1F. The zero-order valence-corrected chi connectivity index (χ0v) is 6.64. The van der Waals surface area contributed by atoms with E-state index in [1.807, 2.05) is 13.8 Å². The van der Waals surface area contributed by atoms with Crippen molar-refractivity contribution in [2.75, 3.05) is 0 Å². The molecule has 56 valence electrons. The summed E-state index contributed by atoms with van der Waals surface area (Å²) in [4.78, 5) is 0.498. The topological polar surface area (TPSA) is 0 Å². The maximum absolute atomic E-state index is 12.6. The molecule has 10 heavy (non-hydrogen) atoms. The van der Waals surface area contributed by atoms with Crippen LogP contribution in [0.2, 0.25) is 0 Å². The van der Waals surface area contributed by atoms with E-state index >= 15 is 0 Å². The molecule has 0 saturated heterocycles. The molecule has 0 fully saturated rings. The van der Waals surface area contributed by atoms with Gasteiger partial charge in [0.1, 0.15) is 5.82 Å². The molecular formula is C7H8F2S. The zero-order chi connectivity index (χ0) is 7.72. The fraction of sp³-hybridized carbons (Fsp3) is 0.429. The Morgan fingerprint density at radius 1 is 1.40 bits per heavy atom. The van der Waals surface area contributed by atoms with E-state index in [0.29, 0.717) is 4.88 Å². The van der Waals surface area contributed by atoms with Crippen molar-refractivity contribution in [3.8, 4) is 0 Å². The first-order valence-corrected chi connectivity index (χ1v) is 3.87. The van der Waals surface area contributed by atoms with Gasteiger partial charge in [0, 0.05) is 10.9 Å². The van der Waals surface area contributed by atoms with Crippen LogP contribution in [0.3, 0.4) is 0 Å². The largest absolute Gasteiger partial charge is 0.206 e. The Bertz CT molecular complexity index is 228. The Morgan fingerprint density at radius 3 is 2.20 bits per heavy atom. The van der Waals surface area contributed by atoms with Gasteiger partial charge in [0.2, 0.25) is 0 Å². The fourth-order valence-electron chi connectivity index (χ4n) is 0.748. The van der Waals surface area contributed by atoms with Crippen molar-refractivity contribution in [3.05, 3.63) is 21.9 Å². The second-order valence-electron chi connectivity index (χ2n) is 2.42. The highest BCUT2D eigenvalue weighted by molar-refractivity contribution is 7.10. The van der Waals surface area contributed by atoms with Crippen molar-refractivity contribution in [1.29, 1.82) is 0 Å². The van der Waals surface area contributed by atoms with E-state index in [4.69, 9.17) is 0 Å². The predicted molar refractivity (Wildman–Crippen MR) is 38.3 cm³/mol. The average Bonchev–Trinajstić information content (AvgIpc) is 2.10. The number of halogens is 2. The second kappa shape index (κ2) is 2.66. The summed E-state index contributed by atoms with van der Waals surface area (Å²) in [6.45, 7) is 3.68. The highest BCUT2D eigenvalue weighted by atomic mass is 32.1. The van der Waals surface area contributed by atoms with E-state index in [1.54, 1.807) is 0 Å². The first kappa shape index (κ1) is 7.66. The molecule has 1 aromatic rings. The normalized spacial score (nSPS) is 10.9. The van der Waals surface area contributed by atoms with Gasteiger partial charge in [0.15, 0.2) is 5.13 Å². The smallest absolute Gasteiger partial charge is 0.179 e. The average molecular weight is 162 g/mol. The standard InChI is InChI=1S/C7H8F2S/c1-4(2)7-5(8)3-6(9)10-7/h3-4H,1-2H3. The van der Waals surface area contributed by atoms with Crippen LogP contribution in [0.25, 0.3) is 0 Å². The fourth-order valence-corrected chi connectivity index (χ4v) is 1.51. The Hall–Kier alpha value is -0.440. The van der Waals surface area contributed by atoms with Crippen LogP contribution in [0.5, 0.6) is 0 Å². The van der Waals surface area contributed by atoms with Crippen molar-refractivity contribution >= 4 is 11.3 Å². The van der Waals surface area contributed by atoms with Crippen molar-refractivity contribution in [2.24, 2.45) is 0 Å². The van der Waals surface area contributed by atoms with Gasteiger partial charge in [-0.2, -0.15) is 4.39 Å². The van der Waals surface area contributed by atoms with E-state index in [0.717, 1.165) is 17.4 Å². The van der Waals surface area contributed by atoms with Gasteiger partial charge in [-0.3, -0.25) is 0 Å². The molecule has 0 aliphatic carbocycles. The van der Waals surface area contributed by atoms with E-state index in [1.165, 1.54) is 0 Å². The maximum Gasteiger partial charge on any atom is 0.179 e.